The average molecular weight is 480 g/mol. The molecule has 1 saturated carbocycles. The monoisotopic (exact) mass is 479 g/mol. The zero-order valence-corrected chi connectivity index (χ0v) is 20.2. The lowest BCUT2D eigenvalue weighted by atomic mass is 9.55. The van der Waals surface area contributed by atoms with Crippen LogP contribution >= 0.6 is 0 Å². The molecule has 0 aromatic carbocycles. The number of nitrogens with zero attached hydrogens (tertiary/aromatic N) is 2. The fourth-order valence-electron chi connectivity index (χ4n) is 5.27. The van der Waals surface area contributed by atoms with Crippen LogP contribution in [0.1, 0.15) is 39.6 Å². The fraction of sp³-hybridized carbons (Fsp3) is 0.667. The van der Waals surface area contributed by atoms with E-state index in [4.69, 9.17) is 19.6 Å². The molecule has 188 valence electrons. The van der Waals surface area contributed by atoms with Crippen molar-refractivity contribution >= 4 is 11.9 Å². The van der Waals surface area contributed by atoms with Crippen LogP contribution in [0.5, 0.6) is 0 Å². The van der Waals surface area contributed by atoms with Gasteiger partial charge in [-0.25, -0.2) is 19.0 Å². The molecular weight excluding hydrogens is 445 g/mol. The van der Waals surface area contributed by atoms with Crippen molar-refractivity contribution in [1.29, 1.82) is 5.41 Å². The summed E-state index contributed by atoms with van der Waals surface area (Å²) in [7, 11) is 0. The highest BCUT2D eigenvalue weighted by Crippen LogP contribution is 2.53. The number of ether oxygens (including phenoxy) is 3. The number of rotatable bonds is 7. The highest BCUT2D eigenvalue weighted by Gasteiger charge is 2.60. The van der Waals surface area contributed by atoms with E-state index in [1.54, 1.807) is 24.6 Å². The zero-order valence-electron chi connectivity index (χ0n) is 20.2. The van der Waals surface area contributed by atoms with Crippen LogP contribution in [0, 0.1) is 36.0 Å². The van der Waals surface area contributed by atoms with Gasteiger partial charge in [0.15, 0.2) is 6.61 Å². The first-order valence-electron chi connectivity index (χ1n) is 11.5. The van der Waals surface area contributed by atoms with Crippen molar-refractivity contribution in [3.8, 4) is 0 Å². The van der Waals surface area contributed by atoms with Crippen LogP contribution < -0.4 is 5.49 Å². The number of alkyl halides is 1. The van der Waals surface area contributed by atoms with Crippen molar-refractivity contribution in [2.24, 2.45) is 23.7 Å². The van der Waals surface area contributed by atoms with E-state index in [1.807, 2.05) is 13.8 Å². The van der Waals surface area contributed by atoms with Gasteiger partial charge in [0.1, 0.15) is 17.5 Å². The molecule has 0 radical (unpaired) electrons. The Kier molecular flexibility index (Phi) is 7.92. The summed E-state index contributed by atoms with van der Waals surface area (Å²) < 4.78 is 33.9. The van der Waals surface area contributed by atoms with Crippen LogP contribution in [0.2, 0.25) is 0 Å². The van der Waals surface area contributed by atoms with Gasteiger partial charge in [0.05, 0.1) is 31.0 Å². The number of nitrogens with one attached hydrogen (secondary N) is 1. The minimum atomic E-state index is -1.67. The van der Waals surface area contributed by atoms with E-state index in [-0.39, 0.29) is 35.6 Å². The number of hydrogen-bond acceptors (Lipinski definition) is 8. The second-order valence-electron chi connectivity index (χ2n) is 9.60. The number of hydrogen-bond donors (Lipinski definition) is 2. The average Bonchev–Trinajstić information content (AvgIpc) is 2.74. The number of aryl methyl sites for hydroxylation is 1. The van der Waals surface area contributed by atoms with Crippen LogP contribution in [0.25, 0.3) is 0 Å². The highest BCUT2D eigenvalue weighted by molar-refractivity contribution is 5.88. The molecule has 1 aromatic heterocycles. The molecule has 10 heteroatoms. The molecule has 3 aliphatic rings. The predicted octanol–water partition coefficient (Wildman–Crippen LogP) is 1.88. The molecule has 34 heavy (non-hydrogen) atoms. The van der Waals surface area contributed by atoms with E-state index in [9.17, 15) is 14.7 Å². The van der Waals surface area contributed by atoms with Gasteiger partial charge in [0.2, 0.25) is 0 Å². The summed E-state index contributed by atoms with van der Waals surface area (Å²) in [5, 5.41) is 18.8. The SMILES string of the molecule is C=C(C)C(=O)OCC(=O)OCC1C2OC(C)C(n3ccc(=N)nc3C)C(F)C(O)C1C2C(C)C. The van der Waals surface area contributed by atoms with Gasteiger partial charge in [-0.2, -0.15) is 0 Å². The topological polar surface area (TPSA) is 124 Å². The fourth-order valence-corrected chi connectivity index (χ4v) is 5.27. The van der Waals surface area contributed by atoms with Crippen molar-refractivity contribution < 1.29 is 33.3 Å². The van der Waals surface area contributed by atoms with Gasteiger partial charge in [-0.05, 0) is 38.7 Å². The molecule has 3 heterocycles. The number of carbonyl (C=O) groups is 2. The van der Waals surface area contributed by atoms with Gasteiger partial charge in [-0.3, -0.25) is 5.41 Å². The number of carbonyl (C=O) groups excluding carboxylic acids is 2. The number of esters is 2. The van der Waals surface area contributed by atoms with Gasteiger partial charge in [0, 0.05) is 23.6 Å². The van der Waals surface area contributed by atoms with Gasteiger partial charge < -0.3 is 23.9 Å². The third kappa shape index (κ3) is 5.07. The maximum absolute atomic E-state index is 15.9. The maximum atomic E-state index is 15.9. The van der Waals surface area contributed by atoms with Crippen LogP contribution in [-0.4, -0.2) is 64.3 Å². The summed E-state index contributed by atoms with van der Waals surface area (Å²) in [4.78, 5) is 27.7. The first kappa shape index (κ1) is 26.0. The molecule has 1 aliphatic carbocycles. The van der Waals surface area contributed by atoms with Crippen molar-refractivity contribution in [2.45, 2.75) is 65.1 Å². The number of fused-ring (bicyclic) bond motifs is 4. The molecule has 2 N–H and O–H groups in total. The van der Waals surface area contributed by atoms with E-state index < -0.39 is 54.8 Å². The Balaban J connectivity index is 1.78. The molecular formula is C24H34FN3O6. The van der Waals surface area contributed by atoms with E-state index in [2.05, 4.69) is 11.6 Å². The molecule has 2 saturated heterocycles. The third-order valence-electron chi connectivity index (χ3n) is 6.89. The summed E-state index contributed by atoms with van der Waals surface area (Å²) >= 11 is 0. The van der Waals surface area contributed by atoms with E-state index >= 15 is 4.39 Å². The van der Waals surface area contributed by atoms with E-state index in [0.29, 0.717) is 5.82 Å². The summed E-state index contributed by atoms with van der Waals surface area (Å²) in [6.07, 6.45) is -2.35. The van der Waals surface area contributed by atoms with Gasteiger partial charge >= 0.3 is 11.9 Å². The van der Waals surface area contributed by atoms with Crippen molar-refractivity contribution in [3.63, 3.8) is 0 Å². The van der Waals surface area contributed by atoms with Gasteiger partial charge in [-0.1, -0.05) is 20.4 Å². The van der Waals surface area contributed by atoms with Crippen LogP contribution in [0.4, 0.5) is 4.39 Å². The second kappa shape index (κ2) is 10.4. The number of aromatic nitrogens is 2. The molecule has 4 rings (SSSR count). The summed E-state index contributed by atoms with van der Waals surface area (Å²) in [6.45, 7) is 11.7. The first-order valence-corrected chi connectivity index (χ1v) is 11.5. The predicted molar refractivity (Wildman–Crippen MR) is 119 cm³/mol. The summed E-state index contributed by atoms with van der Waals surface area (Å²) in [5.41, 5.74) is 0.242. The Hall–Kier alpha value is -2.59. The second-order valence-corrected chi connectivity index (χ2v) is 9.60. The minimum Gasteiger partial charge on any atom is -0.463 e. The molecule has 2 aliphatic heterocycles. The lowest BCUT2D eigenvalue weighted by Crippen LogP contribution is -2.66. The van der Waals surface area contributed by atoms with Crippen molar-refractivity contribution in [1.82, 2.24) is 9.55 Å². The number of aliphatic hydroxyl groups excluding tert-OH is 1. The molecule has 1 aromatic rings. The minimum absolute atomic E-state index is 0.0719. The van der Waals surface area contributed by atoms with Crippen LogP contribution in [0.15, 0.2) is 24.4 Å². The molecule has 0 spiro atoms. The molecule has 3 fully saturated rings. The molecule has 9 nitrogen and oxygen atoms in total. The lowest BCUT2D eigenvalue weighted by molar-refractivity contribution is -0.256. The summed E-state index contributed by atoms with van der Waals surface area (Å²) in [6, 6.07) is 0.643. The van der Waals surface area contributed by atoms with Crippen LogP contribution in [0.3, 0.4) is 0 Å². The smallest absolute Gasteiger partial charge is 0.344 e. The number of halogens is 1. The molecule has 2 bridgehead atoms. The molecule has 8 unspecified atom stereocenters. The highest BCUT2D eigenvalue weighted by atomic mass is 19.1. The van der Waals surface area contributed by atoms with E-state index in [1.165, 1.54) is 13.0 Å². The Morgan fingerprint density at radius 3 is 2.65 bits per heavy atom. The van der Waals surface area contributed by atoms with Crippen molar-refractivity contribution in [2.75, 3.05) is 13.2 Å². The quantitative estimate of drug-likeness (QED) is 0.452. The molecule has 0 amide bonds. The van der Waals surface area contributed by atoms with E-state index in [0.717, 1.165) is 0 Å². The largest absolute Gasteiger partial charge is 0.463 e. The Morgan fingerprint density at radius 2 is 2.06 bits per heavy atom. The Labute approximate surface area is 198 Å². The Morgan fingerprint density at radius 1 is 1.38 bits per heavy atom. The maximum Gasteiger partial charge on any atom is 0.344 e. The summed E-state index contributed by atoms with van der Waals surface area (Å²) in [5.74, 6) is -1.85. The lowest BCUT2D eigenvalue weighted by Gasteiger charge is -2.58. The first-order chi connectivity index (χ1) is 15.9. The van der Waals surface area contributed by atoms with Crippen LogP contribution in [-0.2, 0) is 23.8 Å². The standard InChI is InChI=1S/C24H34FN3O6/c1-11(2)18-19-15(9-32-17(29)10-33-24(31)12(3)4)23(18)34-13(5)21(20(25)22(19)30)28-8-7-16(26)27-14(28)6/h7-8,11,13,15,18-23,26,30H,3,9-10H2,1-2,4-6H3. The third-order valence-corrected chi connectivity index (χ3v) is 6.89. The van der Waals surface area contributed by atoms with Crippen molar-refractivity contribution in [3.05, 3.63) is 35.7 Å². The Bertz CT molecular complexity index is 995. The molecule has 8 atom stereocenters. The normalized spacial score (nSPS) is 32.8. The number of aliphatic hydroxyl groups is 1. The zero-order chi connectivity index (χ0) is 25.3. The van der Waals surface area contributed by atoms with Gasteiger partial charge in [0.25, 0.3) is 0 Å². The van der Waals surface area contributed by atoms with Gasteiger partial charge in [-0.15, -0.1) is 0 Å².